The molecule has 0 aromatic heterocycles. The van der Waals surface area contributed by atoms with E-state index in [1.807, 2.05) is 0 Å². The second kappa shape index (κ2) is 15.2. The number of rotatable bonds is 11. The average molecular weight is 750 g/mol. The molecule has 0 saturated heterocycles. The van der Waals surface area contributed by atoms with Crippen LogP contribution < -0.4 is 9.80 Å². The quantitative estimate of drug-likeness (QED) is 0.133. The number of nitrogens with zero attached hydrogens (tertiary/aromatic N) is 2. The third-order valence-electron chi connectivity index (χ3n) is 13.4. The minimum absolute atomic E-state index is 0.173. The van der Waals surface area contributed by atoms with E-state index in [2.05, 4.69) is 174 Å². The van der Waals surface area contributed by atoms with Crippen LogP contribution in [0.5, 0.6) is 0 Å². The van der Waals surface area contributed by atoms with Crippen molar-refractivity contribution in [1.29, 1.82) is 0 Å². The van der Waals surface area contributed by atoms with Gasteiger partial charge in [0.2, 0.25) is 0 Å². The van der Waals surface area contributed by atoms with Gasteiger partial charge < -0.3 is 9.80 Å². The van der Waals surface area contributed by atoms with Crippen LogP contribution in [0.15, 0.2) is 109 Å². The predicted octanol–water partition coefficient (Wildman–Crippen LogP) is 16.2. The van der Waals surface area contributed by atoms with Gasteiger partial charge in [-0.1, -0.05) is 116 Å². The lowest BCUT2D eigenvalue weighted by atomic mass is 9.48. The lowest BCUT2D eigenvalue weighted by molar-refractivity contribution is -0.00515. The highest BCUT2D eigenvalue weighted by atomic mass is 35.5. The molecule has 5 aromatic rings. The molecule has 4 saturated carbocycles. The molecule has 0 unspecified atom stereocenters. The SMILES string of the molecule is CC(C)c1ccc(N(c2ccc(C(C)C)cc2)c2cc(C34CC5CC(CC(C5)C3)C4)cc(N(c3ccc(C(C)C)cc3)c3ccc(C(C)C)cc3)c2Cl)cc1. The number of anilines is 6. The van der Waals surface area contributed by atoms with E-state index in [4.69, 9.17) is 11.6 Å². The summed E-state index contributed by atoms with van der Waals surface area (Å²) in [6, 6.07) is 41.8. The second-order valence-electron chi connectivity index (χ2n) is 18.7. The van der Waals surface area contributed by atoms with Crippen molar-refractivity contribution in [2.24, 2.45) is 17.8 Å². The van der Waals surface area contributed by atoms with E-state index in [9.17, 15) is 0 Å². The number of halogens is 1. The van der Waals surface area contributed by atoms with Crippen molar-refractivity contribution < 1.29 is 0 Å². The Kier molecular flexibility index (Phi) is 10.4. The Hall–Kier alpha value is -4.01. The van der Waals surface area contributed by atoms with Gasteiger partial charge in [-0.15, -0.1) is 0 Å². The standard InChI is InChI=1S/C52H61ClN2/c1-33(2)40-9-17-45(18-10-40)54(46-19-11-41(12-20-46)34(3)4)49-28-44(52-30-37-25-38(31-52)27-39(26-37)32-52)29-50(51(49)53)55(47-21-13-42(14-22-47)35(5)6)48-23-15-43(16-24-48)36(7)8/h9-24,28-29,33-39H,25-27,30-32H2,1-8H3. The van der Waals surface area contributed by atoms with Gasteiger partial charge in [-0.05, 0) is 174 Å². The van der Waals surface area contributed by atoms with E-state index < -0.39 is 0 Å². The molecule has 0 atom stereocenters. The molecule has 0 amide bonds. The first-order chi connectivity index (χ1) is 26.4. The Morgan fingerprint density at radius 3 is 0.927 bits per heavy atom. The Morgan fingerprint density at radius 1 is 0.436 bits per heavy atom. The van der Waals surface area contributed by atoms with Gasteiger partial charge in [0.05, 0.1) is 16.4 Å². The van der Waals surface area contributed by atoms with Crippen LogP contribution in [0.1, 0.15) is 145 Å². The fourth-order valence-electron chi connectivity index (χ4n) is 10.6. The minimum Gasteiger partial charge on any atom is -0.309 e. The molecule has 0 heterocycles. The zero-order valence-electron chi connectivity index (χ0n) is 34.4. The average Bonchev–Trinajstić information content (AvgIpc) is 3.16. The zero-order valence-corrected chi connectivity index (χ0v) is 35.2. The molecule has 0 aliphatic heterocycles. The number of benzene rings is 5. The Balaban J connectivity index is 1.39. The van der Waals surface area contributed by atoms with E-state index in [1.54, 1.807) is 0 Å². The van der Waals surface area contributed by atoms with Crippen molar-refractivity contribution in [2.45, 2.75) is 123 Å². The summed E-state index contributed by atoms with van der Waals surface area (Å²) in [5.41, 5.74) is 13.6. The first-order valence-corrected chi connectivity index (χ1v) is 21.6. The molecule has 286 valence electrons. The molecule has 4 aliphatic rings. The van der Waals surface area contributed by atoms with Gasteiger partial charge >= 0.3 is 0 Å². The summed E-state index contributed by atoms with van der Waals surface area (Å²) >= 11 is 8.02. The number of hydrogen-bond acceptors (Lipinski definition) is 2. The molecular formula is C52H61ClN2. The molecule has 2 nitrogen and oxygen atoms in total. The summed E-state index contributed by atoms with van der Waals surface area (Å²) in [7, 11) is 0. The van der Waals surface area contributed by atoms with E-state index in [0.29, 0.717) is 23.7 Å². The molecule has 55 heavy (non-hydrogen) atoms. The molecule has 5 aromatic carbocycles. The third-order valence-corrected chi connectivity index (χ3v) is 13.8. The van der Waals surface area contributed by atoms with E-state index in [1.165, 1.54) is 66.3 Å². The fourth-order valence-corrected chi connectivity index (χ4v) is 10.9. The van der Waals surface area contributed by atoms with Crippen LogP contribution in [0.2, 0.25) is 5.02 Å². The number of hydrogen-bond donors (Lipinski definition) is 0. The molecule has 3 heteroatoms. The summed E-state index contributed by atoms with van der Waals surface area (Å²) in [5, 5.41) is 0.773. The monoisotopic (exact) mass is 748 g/mol. The zero-order chi connectivity index (χ0) is 38.6. The molecule has 0 spiro atoms. The largest absolute Gasteiger partial charge is 0.309 e. The molecule has 4 bridgehead atoms. The highest BCUT2D eigenvalue weighted by molar-refractivity contribution is 6.36. The summed E-state index contributed by atoms with van der Waals surface area (Å²) < 4.78 is 0. The van der Waals surface area contributed by atoms with Crippen LogP contribution in [-0.4, -0.2) is 0 Å². The molecule has 9 rings (SSSR count). The molecular weight excluding hydrogens is 688 g/mol. The van der Waals surface area contributed by atoms with Gasteiger partial charge in [-0.25, -0.2) is 0 Å². The summed E-state index contributed by atoms with van der Waals surface area (Å²) in [5.74, 6) is 4.33. The second-order valence-corrected chi connectivity index (χ2v) is 19.1. The van der Waals surface area contributed by atoms with Gasteiger partial charge in [-0.3, -0.25) is 0 Å². The third kappa shape index (κ3) is 7.37. The van der Waals surface area contributed by atoms with Crippen molar-refractivity contribution in [3.05, 3.63) is 142 Å². The smallest absolute Gasteiger partial charge is 0.0887 e. The van der Waals surface area contributed by atoms with Gasteiger partial charge in [0.1, 0.15) is 0 Å². The van der Waals surface area contributed by atoms with Crippen LogP contribution in [0.25, 0.3) is 0 Å². The van der Waals surface area contributed by atoms with E-state index in [0.717, 1.165) is 56.9 Å². The van der Waals surface area contributed by atoms with Crippen LogP contribution in [0.3, 0.4) is 0 Å². The molecule has 4 aliphatic carbocycles. The fraction of sp³-hybridized carbons (Fsp3) is 0.423. The van der Waals surface area contributed by atoms with Gasteiger partial charge in [-0.2, -0.15) is 0 Å². The van der Waals surface area contributed by atoms with Crippen molar-refractivity contribution in [1.82, 2.24) is 0 Å². The Bertz CT molecular complexity index is 1820. The predicted molar refractivity (Wildman–Crippen MR) is 237 cm³/mol. The van der Waals surface area contributed by atoms with E-state index in [-0.39, 0.29) is 5.41 Å². The Morgan fingerprint density at radius 2 is 0.691 bits per heavy atom. The highest BCUT2D eigenvalue weighted by Gasteiger charge is 2.52. The molecule has 0 N–H and O–H groups in total. The van der Waals surface area contributed by atoms with Crippen LogP contribution in [0, 0.1) is 17.8 Å². The lowest BCUT2D eigenvalue weighted by Gasteiger charge is -2.57. The van der Waals surface area contributed by atoms with Gasteiger partial charge in [0.25, 0.3) is 0 Å². The topological polar surface area (TPSA) is 6.48 Å². The van der Waals surface area contributed by atoms with E-state index >= 15 is 0 Å². The van der Waals surface area contributed by atoms with Crippen molar-refractivity contribution in [3.8, 4) is 0 Å². The molecule has 0 radical (unpaired) electrons. The maximum Gasteiger partial charge on any atom is 0.0887 e. The van der Waals surface area contributed by atoms with Crippen LogP contribution in [0.4, 0.5) is 34.1 Å². The van der Waals surface area contributed by atoms with Crippen molar-refractivity contribution in [3.63, 3.8) is 0 Å². The van der Waals surface area contributed by atoms with Crippen LogP contribution >= 0.6 is 11.6 Å². The lowest BCUT2D eigenvalue weighted by Crippen LogP contribution is -2.48. The van der Waals surface area contributed by atoms with Crippen molar-refractivity contribution >= 4 is 45.7 Å². The van der Waals surface area contributed by atoms with Crippen LogP contribution in [-0.2, 0) is 5.41 Å². The Labute approximate surface area is 336 Å². The minimum atomic E-state index is 0.173. The van der Waals surface area contributed by atoms with Gasteiger partial charge in [0.15, 0.2) is 0 Å². The normalized spacial score (nSPS) is 21.7. The summed E-state index contributed by atoms with van der Waals surface area (Å²) in [4.78, 5) is 4.87. The van der Waals surface area contributed by atoms with Crippen molar-refractivity contribution in [2.75, 3.05) is 9.80 Å². The first kappa shape index (κ1) is 37.9. The summed E-state index contributed by atoms with van der Waals surface area (Å²) in [6.45, 7) is 18.2. The maximum atomic E-state index is 8.02. The summed E-state index contributed by atoms with van der Waals surface area (Å²) in [6.07, 6.45) is 8.12. The molecule has 4 fully saturated rings. The highest BCUT2D eigenvalue weighted by Crippen LogP contribution is 2.62. The van der Waals surface area contributed by atoms with Gasteiger partial charge in [0, 0.05) is 22.7 Å². The maximum absolute atomic E-state index is 8.02. The first-order valence-electron chi connectivity index (χ1n) is 21.2.